The first-order valence-electron chi connectivity index (χ1n) is 7.20. The molecule has 1 aromatic carbocycles. The van der Waals surface area contributed by atoms with Crippen LogP contribution < -0.4 is 11.3 Å². The van der Waals surface area contributed by atoms with Crippen LogP contribution in [0.3, 0.4) is 0 Å². The molecule has 0 unspecified atom stereocenters. The molecule has 0 saturated heterocycles. The van der Waals surface area contributed by atoms with Gasteiger partial charge in [0.15, 0.2) is 0 Å². The van der Waals surface area contributed by atoms with Crippen molar-refractivity contribution in [3.63, 3.8) is 0 Å². The van der Waals surface area contributed by atoms with Crippen molar-refractivity contribution in [2.45, 2.75) is 32.9 Å². The smallest absolute Gasteiger partial charge is 0.392 e. The molecule has 0 radical (unpaired) electrons. The fourth-order valence-corrected chi connectivity index (χ4v) is 2.27. The Morgan fingerprint density at radius 1 is 1.18 bits per heavy atom. The van der Waals surface area contributed by atoms with Gasteiger partial charge in [0.05, 0.1) is 23.8 Å². The average molecular weight is 300 g/mol. The predicted octanol–water partition coefficient (Wildman–Crippen LogP) is 1.20. The van der Waals surface area contributed by atoms with Gasteiger partial charge in [-0.3, -0.25) is 9.36 Å². The molecule has 3 rings (SSSR count). The van der Waals surface area contributed by atoms with Gasteiger partial charge >= 0.3 is 5.76 Å². The van der Waals surface area contributed by atoms with E-state index in [1.54, 1.807) is 18.2 Å². The van der Waals surface area contributed by atoms with Gasteiger partial charge in [0, 0.05) is 13.0 Å². The topological polar surface area (TPSA) is 82.9 Å². The van der Waals surface area contributed by atoms with E-state index in [9.17, 15) is 9.59 Å². The Hall–Kier alpha value is -2.70. The Kier molecular flexibility index (Phi) is 3.86. The number of hydrogen-bond acceptors (Lipinski definition) is 5. The normalized spacial score (nSPS) is 11.1. The number of aryl methyl sites for hydroxylation is 3. The fourth-order valence-electron chi connectivity index (χ4n) is 2.27. The largest absolute Gasteiger partial charge is 0.437 e. The maximum Gasteiger partial charge on any atom is 0.437 e. The minimum absolute atomic E-state index is 0.129. The first-order valence-corrected chi connectivity index (χ1v) is 7.20. The zero-order valence-electron chi connectivity index (χ0n) is 12.2. The van der Waals surface area contributed by atoms with Gasteiger partial charge in [-0.05, 0) is 18.6 Å². The number of benzene rings is 1. The standard InChI is InChI=1S/C15H16N4O3/c1-2-5-13-17-19(15(21)22-13)9-8-18-10-16-12-7-4-3-6-11(12)14(18)20/h3-4,6-7,10H,2,5,8-9H2,1H3. The Balaban J connectivity index is 1.84. The van der Waals surface area contributed by atoms with Crippen molar-refractivity contribution in [2.75, 3.05) is 0 Å². The van der Waals surface area contributed by atoms with Gasteiger partial charge in [0.2, 0.25) is 5.89 Å². The van der Waals surface area contributed by atoms with Crippen LogP contribution in [0.2, 0.25) is 0 Å². The highest BCUT2D eigenvalue weighted by molar-refractivity contribution is 5.76. The molecule has 0 aliphatic carbocycles. The Morgan fingerprint density at radius 2 is 2.00 bits per heavy atom. The van der Waals surface area contributed by atoms with Crippen molar-refractivity contribution in [2.24, 2.45) is 0 Å². The summed E-state index contributed by atoms with van der Waals surface area (Å²) in [6, 6.07) is 7.17. The first-order chi connectivity index (χ1) is 10.7. The van der Waals surface area contributed by atoms with E-state index in [1.165, 1.54) is 15.6 Å². The number of aromatic nitrogens is 4. The molecule has 114 valence electrons. The molecule has 0 amide bonds. The summed E-state index contributed by atoms with van der Waals surface area (Å²) in [4.78, 5) is 28.2. The Bertz CT molecular complexity index is 907. The van der Waals surface area contributed by atoms with Crippen LogP contribution in [0.15, 0.2) is 44.6 Å². The first kappa shape index (κ1) is 14.2. The highest BCUT2D eigenvalue weighted by Crippen LogP contribution is 2.04. The van der Waals surface area contributed by atoms with Gasteiger partial charge in [0.25, 0.3) is 5.56 Å². The lowest BCUT2D eigenvalue weighted by molar-refractivity contribution is 0.433. The number of nitrogens with zero attached hydrogens (tertiary/aromatic N) is 4. The van der Waals surface area contributed by atoms with Gasteiger partial charge in [-0.1, -0.05) is 19.1 Å². The minimum Gasteiger partial charge on any atom is -0.392 e. The monoisotopic (exact) mass is 300 g/mol. The summed E-state index contributed by atoms with van der Waals surface area (Å²) < 4.78 is 7.76. The van der Waals surface area contributed by atoms with Crippen LogP contribution in [0, 0.1) is 0 Å². The molecule has 7 nitrogen and oxygen atoms in total. The van der Waals surface area contributed by atoms with Crippen LogP contribution >= 0.6 is 0 Å². The van der Waals surface area contributed by atoms with E-state index in [-0.39, 0.29) is 12.1 Å². The number of fused-ring (bicyclic) bond motifs is 1. The molecule has 0 N–H and O–H groups in total. The van der Waals surface area contributed by atoms with Crippen LogP contribution in [0.4, 0.5) is 0 Å². The summed E-state index contributed by atoms with van der Waals surface area (Å²) in [5.41, 5.74) is 0.531. The van der Waals surface area contributed by atoms with Crippen LogP contribution in [-0.4, -0.2) is 19.3 Å². The molecule has 0 aliphatic heterocycles. The highest BCUT2D eigenvalue weighted by Gasteiger charge is 2.08. The summed E-state index contributed by atoms with van der Waals surface area (Å²) in [6.07, 6.45) is 2.97. The van der Waals surface area contributed by atoms with Crippen LogP contribution in [0.25, 0.3) is 10.9 Å². The van der Waals surface area contributed by atoms with E-state index < -0.39 is 5.76 Å². The lowest BCUT2D eigenvalue weighted by atomic mass is 10.2. The minimum atomic E-state index is -0.495. The van der Waals surface area contributed by atoms with E-state index in [1.807, 2.05) is 13.0 Å². The fraction of sp³-hybridized carbons (Fsp3) is 0.333. The number of hydrogen-bond donors (Lipinski definition) is 0. The number of para-hydroxylation sites is 1. The Morgan fingerprint density at radius 3 is 2.82 bits per heavy atom. The third-order valence-electron chi connectivity index (χ3n) is 3.40. The molecule has 0 spiro atoms. The van der Waals surface area contributed by atoms with Gasteiger partial charge in [-0.15, -0.1) is 5.10 Å². The molecule has 3 aromatic rings. The third-order valence-corrected chi connectivity index (χ3v) is 3.40. The van der Waals surface area contributed by atoms with Gasteiger partial charge in [-0.2, -0.15) is 4.68 Å². The lowest BCUT2D eigenvalue weighted by Crippen LogP contribution is -2.26. The molecule has 7 heteroatoms. The summed E-state index contributed by atoms with van der Waals surface area (Å²) in [7, 11) is 0. The zero-order chi connectivity index (χ0) is 15.5. The molecule has 0 fully saturated rings. The Labute approximate surface area is 125 Å². The van der Waals surface area contributed by atoms with Gasteiger partial charge in [-0.25, -0.2) is 9.78 Å². The quantitative estimate of drug-likeness (QED) is 0.707. The van der Waals surface area contributed by atoms with E-state index >= 15 is 0 Å². The molecule has 2 heterocycles. The summed E-state index contributed by atoms with van der Waals surface area (Å²) in [6.45, 7) is 2.57. The molecule has 0 bridgehead atoms. The van der Waals surface area contributed by atoms with Crippen molar-refractivity contribution in [1.82, 2.24) is 19.3 Å². The molecular weight excluding hydrogens is 284 g/mol. The van der Waals surface area contributed by atoms with E-state index in [0.717, 1.165) is 6.42 Å². The molecule has 22 heavy (non-hydrogen) atoms. The SMILES string of the molecule is CCCc1nn(CCn2cnc3ccccc3c2=O)c(=O)o1. The second kappa shape index (κ2) is 5.97. The molecule has 0 aliphatic rings. The summed E-state index contributed by atoms with van der Waals surface area (Å²) in [5, 5.41) is 4.67. The van der Waals surface area contributed by atoms with E-state index in [4.69, 9.17) is 4.42 Å². The van der Waals surface area contributed by atoms with Crippen molar-refractivity contribution < 1.29 is 4.42 Å². The van der Waals surface area contributed by atoms with Crippen molar-refractivity contribution in [1.29, 1.82) is 0 Å². The van der Waals surface area contributed by atoms with E-state index in [0.29, 0.717) is 29.8 Å². The van der Waals surface area contributed by atoms with Crippen LogP contribution in [0.1, 0.15) is 19.2 Å². The average Bonchev–Trinajstić information content (AvgIpc) is 2.87. The van der Waals surface area contributed by atoms with Crippen molar-refractivity contribution in [3.8, 4) is 0 Å². The molecule has 2 aromatic heterocycles. The maximum atomic E-state index is 12.3. The van der Waals surface area contributed by atoms with E-state index in [2.05, 4.69) is 10.1 Å². The van der Waals surface area contributed by atoms with Crippen LogP contribution in [0.5, 0.6) is 0 Å². The maximum absolute atomic E-state index is 12.3. The highest BCUT2D eigenvalue weighted by atomic mass is 16.4. The van der Waals surface area contributed by atoms with Gasteiger partial charge in [0.1, 0.15) is 0 Å². The van der Waals surface area contributed by atoms with Crippen molar-refractivity contribution in [3.05, 3.63) is 57.4 Å². The molecule has 0 atom stereocenters. The molecular formula is C15H16N4O3. The second-order valence-corrected chi connectivity index (χ2v) is 5.00. The van der Waals surface area contributed by atoms with Crippen molar-refractivity contribution >= 4 is 10.9 Å². The zero-order valence-corrected chi connectivity index (χ0v) is 12.2. The third kappa shape index (κ3) is 2.69. The predicted molar refractivity (Wildman–Crippen MR) is 80.8 cm³/mol. The summed E-state index contributed by atoms with van der Waals surface area (Å²) in [5.74, 6) is -0.0678. The summed E-state index contributed by atoms with van der Waals surface area (Å²) >= 11 is 0. The molecule has 0 saturated carbocycles. The van der Waals surface area contributed by atoms with Crippen LogP contribution in [-0.2, 0) is 19.5 Å². The second-order valence-electron chi connectivity index (χ2n) is 5.00. The lowest BCUT2D eigenvalue weighted by Gasteiger charge is -2.05. The van der Waals surface area contributed by atoms with Gasteiger partial charge < -0.3 is 4.42 Å². The number of rotatable bonds is 5.